The summed E-state index contributed by atoms with van der Waals surface area (Å²) in [6.07, 6.45) is 13.9. The Bertz CT molecular complexity index is 628. The summed E-state index contributed by atoms with van der Waals surface area (Å²) in [7, 11) is -2.44. The first kappa shape index (κ1) is 24.2. The van der Waals surface area contributed by atoms with E-state index in [1.54, 1.807) is 0 Å². The summed E-state index contributed by atoms with van der Waals surface area (Å²) >= 11 is 0. The van der Waals surface area contributed by atoms with Crippen molar-refractivity contribution < 1.29 is 0 Å². The number of unbranched alkanes of at least 4 members (excludes halogenated alkanes) is 9. The molecule has 0 unspecified atom stereocenters. The number of hydrogen-bond donors (Lipinski definition) is 0. The Kier molecular flexibility index (Phi) is 13.9. The van der Waals surface area contributed by atoms with Crippen LogP contribution in [0.25, 0.3) is 0 Å². The smallest absolute Gasteiger partial charge is 0.108 e. The maximum absolute atomic E-state index is 3.63. The lowest BCUT2D eigenvalue weighted by Crippen LogP contribution is -2.45. The Morgan fingerprint density at radius 3 is 1.32 bits per heavy atom. The minimum atomic E-state index is -2.44. The molecule has 28 heavy (non-hydrogen) atoms. The van der Waals surface area contributed by atoms with Crippen molar-refractivity contribution in [1.82, 2.24) is 0 Å². The van der Waals surface area contributed by atoms with Crippen LogP contribution in [0.1, 0.15) is 97.8 Å². The molecule has 0 radical (unpaired) electrons. The van der Waals surface area contributed by atoms with Gasteiger partial charge in [0.25, 0.3) is 0 Å². The molecular formula is C27H38Si. The van der Waals surface area contributed by atoms with Gasteiger partial charge in [-0.3, -0.25) is 0 Å². The zero-order chi connectivity index (χ0) is 20.3. The van der Waals surface area contributed by atoms with Crippen LogP contribution >= 0.6 is 0 Å². The van der Waals surface area contributed by atoms with Crippen molar-refractivity contribution in [2.24, 2.45) is 0 Å². The van der Waals surface area contributed by atoms with Gasteiger partial charge in [-0.05, 0) is 24.4 Å². The second-order valence-electron chi connectivity index (χ2n) is 7.39. The molecule has 0 spiro atoms. The highest BCUT2D eigenvalue weighted by molar-refractivity contribution is 7.10. The SMILES string of the molecule is CCCCCC#C[Si](C#CCCCCC)(C#CCCCCC)c1ccccc1. The number of benzene rings is 1. The van der Waals surface area contributed by atoms with E-state index in [1.165, 1.54) is 63.0 Å². The molecule has 1 aromatic rings. The summed E-state index contributed by atoms with van der Waals surface area (Å²) < 4.78 is 0. The maximum Gasteiger partial charge on any atom is 0.321 e. The molecule has 0 saturated heterocycles. The predicted molar refractivity (Wildman–Crippen MR) is 128 cm³/mol. The normalized spacial score (nSPS) is 10.1. The van der Waals surface area contributed by atoms with Gasteiger partial charge in [0.05, 0.1) is 0 Å². The van der Waals surface area contributed by atoms with Gasteiger partial charge in [-0.15, -0.1) is 17.8 Å². The van der Waals surface area contributed by atoms with Crippen LogP contribution in [0.4, 0.5) is 0 Å². The quantitative estimate of drug-likeness (QED) is 0.236. The third-order valence-corrected chi connectivity index (χ3v) is 7.61. The Morgan fingerprint density at radius 1 is 0.571 bits per heavy atom. The van der Waals surface area contributed by atoms with Gasteiger partial charge in [0.1, 0.15) is 0 Å². The van der Waals surface area contributed by atoms with E-state index in [4.69, 9.17) is 0 Å². The van der Waals surface area contributed by atoms with Crippen molar-refractivity contribution in [3.05, 3.63) is 30.3 Å². The average Bonchev–Trinajstić information content (AvgIpc) is 2.73. The van der Waals surface area contributed by atoms with Crippen molar-refractivity contribution in [1.29, 1.82) is 0 Å². The fraction of sp³-hybridized carbons (Fsp3) is 0.556. The van der Waals surface area contributed by atoms with Gasteiger partial charge < -0.3 is 0 Å². The van der Waals surface area contributed by atoms with Gasteiger partial charge >= 0.3 is 8.07 Å². The first-order valence-corrected chi connectivity index (χ1v) is 13.3. The molecule has 0 amide bonds. The summed E-state index contributed by atoms with van der Waals surface area (Å²) in [4.78, 5) is 0. The van der Waals surface area contributed by atoms with E-state index in [0.717, 1.165) is 19.3 Å². The molecule has 1 aromatic carbocycles. The van der Waals surface area contributed by atoms with E-state index in [0.29, 0.717) is 0 Å². The fourth-order valence-corrected chi connectivity index (χ4v) is 5.46. The highest BCUT2D eigenvalue weighted by Crippen LogP contribution is 2.06. The number of hydrogen-bond acceptors (Lipinski definition) is 0. The van der Waals surface area contributed by atoms with Crippen LogP contribution in [0.5, 0.6) is 0 Å². The van der Waals surface area contributed by atoms with Crippen LogP contribution < -0.4 is 5.19 Å². The van der Waals surface area contributed by atoms with Crippen LogP contribution in [-0.2, 0) is 0 Å². The summed E-state index contributed by atoms with van der Waals surface area (Å²) in [6, 6.07) is 10.7. The predicted octanol–water partition coefficient (Wildman–Crippen LogP) is 6.71. The van der Waals surface area contributed by atoms with Crippen LogP contribution in [-0.4, -0.2) is 8.07 Å². The van der Waals surface area contributed by atoms with Crippen molar-refractivity contribution in [3.63, 3.8) is 0 Å². The van der Waals surface area contributed by atoms with Gasteiger partial charge in [-0.2, -0.15) is 0 Å². The van der Waals surface area contributed by atoms with Crippen molar-refractivity contribution in [2.75, 3.05) is 0 Å². The molecule has 150 valence electrons. The second-order valence-corrected chi connectivity index (χ2v) is 10.2. The molecule has 0 aliphatic carbocycles. The van der Waals surface area contributed by atoms with Crippen LogP contribution in [0.15, 0.2) is 30.3 Å². The Morgan fingerprint density at radius 2 is 0.964 bits per heavy atom. The van der Waals surface area contributed by atoms with Crippen LogP contribution in [0.3, 0.4) is 0 Å². The lowest BCUT2D eigenvalue weighted by Gasteiger charge is -2.13. The van der Waals surface area contributed by atoms with E-state index >= 15 is 0 Å². The first-order valence-electron chi connectivity index (χ1n) is 11.3. The molecule has 0 heterocycles. The highest BCUT2D eigenvalue weighted by Gasteiger charge is 2.30. The molecule has 0 fully saturated rings. The third kappa shape index (κ3) is 9.88. The maximum atomic E-state index is 3.63. The molecule has 0 aliphatic rings. The van der Waals surface area contributed by atoms with E-state index in [-0.39, 0.29) is 0 Å². The monoisotopic (exact) mass is 390 g/mol. The second kappa shape index (κ2) is 16.1. The summed E-state index contributed by atoms with van der Waals surface area (Å²) in [5, 5.41) is 1.25. The van der Waals surface area contributed by atoms with Crippen molar-refractivity contribution in [2.45, 2.75) is 97.8 Å². The largest absolute Gasteiger partial charge is 0.321 e. The molecule has 0 bridgehead atoms. The van der Waals surface area contributed by atoms with Crippen molar-refractivity contribution >= 4 is 13.3 Å². The van der Waals surface area contributed by atoms with E-state index in [9.17, 15) is 0 Å². The lowest BCUT2D eigenvalue weighted by molar-refractivity contribution is 0.737. The summed E-state index contributed by atoms with van der Waals surface area (Å²) in [5.74, 6) is 10.4. The van der Waals surface area contributed by atoms with Crippen LogP contribution in [0, 0.1) is 34.4 Å². The molecule has 1 heteroatoms. The van der Waals surface area contributed by atoms with Gasteiger partial charge in [0, 0.05) is 19.3 Å². The van der Waals surface area contributed by atoms with Crippen LogP contribution in [0.2, 0.25) is 0 Å². The summed E-state index contributed by atoms with van der Waals surface area (Å²) in [5.41, 5.74) is 10.9. The Balaban J connectivity index is 3.15. The fourth-order valence-electron chi connectivity index (χ4n) is 2.97. The van der Waals surface area contributed by atoms with Gasteiger partial charge in [-0.25, -0.2) is 0 Å². The van der Waals surface area contributed by atoms with E-state index in [1.807, 2.05) is 0 Å². The molecule has 0 atom stereocenters. The Labute approximate surface area is 175 Å². The molecule has 0 N–H and O–H groups in total. The third-order valence-electron chi connectivity index (χ3n) is 4.75. The van der Waals surface area contributed by atoms with Gasteiger partial charge in [0.15, 0.2) is 0 Å². The average molecular weight is 391 g/mol. The molecular weight excluding hydrogens is 352 g/mol. The molecule has 0 aliphatic heterocycles. The van der Waals surface area contributed by atoms with E-state index < -0.39 is 8.07 Å². The molecule has 0 saturated carbocycles. The minimum Gasteiger partial charge on any atom is -0.108 e. The lowest BCUT2D eigenvalue weighted by atomic mass is 10.2. The Hall–Kier alpha value is -1.88. The highest BCUT2D eigenvalue weighted by atomic mass is 28.3. The zero-order valence-corrected chi connectivity index (χ0v) is 19.4. The molecule has 0 aromatic heterocycles. The standard InChI is InChI=1S/C27H38Si/c1-4-7-10-13-19-24-28(25-20-14-11-8-5-2,26-21-15-12-9-6-3)27-22-17-16-18-23-27/h16-18,22-23H,4-15H2,1-3H3. The molecule has 0 nitrogen and oxygen atoms in total. The van der Waals surface area contributed by atoms with Crippen molar-refractivity contribution in [3.8, 4) is 34.4 Å². The first-order chi connectivity index (χ1) is 13.8. The molecule has 1 rings (SSSR count). The zero-order valence-electron chi connectivity index (χ0n) is 18.4. The van der Waals surface area contributed by atoms with Gasteiger partial charge in [0.2, 0.25) is 0 Å². The van der Waals surface area contributed by atoms with E-state index in [2.05, 4.69) is 85.5 Å². The summed E-state index contributed by atoms with van der Waals surface area (Å²) in [6.45, 7) is 6.71. The topological polar surface area (TPSA) is 0 Å². The number of rotatable bonds is 10. The van der Waals surface area contributed by atoms with Gasteiger partial charge in [-0.1, -0.05) is 106 Å². The minimum absolute atomic E-state index is 0.963.